The molecule has 1 amide bonds. The molecule has 1 fully saturated rings. The van der Waals surface area contributed by atoms with Crippen molar-refractivity contribution >= 4 is 11.6 Å². The van der Waals surface area contributed by atoms with Crippen LogP contribution < -0.4 is 16.0 Å². The number of hydrazone groups is 1. The highest BCUT2D eigenvalue weighted by Gasteiger charge is 2.35. The minimum Gasteiger partial charge on any atom is -0.497 e. The molecular weight excluding hydrogens is 400 g/mol. The zero-order valence-corrected chi connectivity index (χ0v) is 17.6. The molecule has 4 rings (SSSR count). The Bertz CT molecular complexity index is 1130. The molecule has 31 heavy (non-hydrogen) atoms. The van der Waals surface area contributed by atoms with Gasteiger partial charge in [0.2, 0.25) is 11.8 Å². The first-order valence-electron chi connectivity index (χ1n) is 10.5. The van der Waals surface area contributed by atoms with E-state index in [1.807, 2.05) is 12.1 Å². The molecule has 1 saturated carbocycles. The third-order valence-electron chi connectivity index (χ3n) is 6.08. The van der Waals surface area contributed by atoms with Gasteiger partial charge in [-0.15, -0.1) is 0 Å². The van der Waals surface area contributed by atoms with Crippen molar-refractivity contribution in [2.45, 2.75) is 57.5 Å². The van der Waals surface area contributed by atoms with E-state index in [2.05, 4.69) is 10.1 Å². The van der Waals surface area contributed by atoms with Gasteiger partial charge in [-0.25, -0.2) is 9.80 Å². The number of ether oxygens (including phenoxy) is 1. The third kappa shape index (κ3) is 3.87. The van der Waals surface area contributed by atoms with E-state index in [-0.39, 0.29) is 35.5 Å². The fourth-order valence-electron chi connectivity index (χ4n) is 4.51. The second-order valence-corrected chi connectivity index (χ2v) is 8.02. The summed E-state index contributed by atoms with van der Waals surface area (Å²) in [5.41, 5.74) is -0.267. The molecule has 0 radical (unpaired) electrons. The number of hydrogen-bond acceptors (Lipinski definition) is 6. The molecule has 0 saturated heterocycles. The molecule has 1 unspecified atom stereocenters. The molecule has 1 aliphatic carbocycles. The van der Waals surface area contributed by atoms with Crippen LogP contribution in [0.5, 0.6) is 11.6 Å². The summed E-state index contributed by atoms with van der Waals surface area (Å²) in [5, 5.41) is 16.6. The van der Waals surface area contributed by atoms with Gasteiger partial charge in [0.1, 0.15) is 11.3 Å². The van der Waals surface area contributed by atoms with Crippen molar-refractivity contribution in [3.05, 3.63) is 56.2 Å². The zero-order chi connectivity index (χ0) is 22.1. The number of carbonyl (C=O) groups is 1. The Hall–Kier alpha value is -3.36. The van der Waals surface area contributed by atoms with E-state index in [9.17, 15) is 19.5 Å². The number of amides is 1. The van der Waals surface area contributed by atoms with Crippen molar-refractivity contribution in [2.24, 2.45) is 5.10 Å². The van der Waals surface area contributed by atoms with Crippen LogP contribution >= 0.6 is 0 Å². The van der Waals surface area contributed by atoms with E-state index in [1.165, 1.54) is 16.5 Å². The highest BCUT2D eigenvalue weighted by atomic mass is 16.5. The van der Waals surface area contributed by atoms with Crippen molar-refractivity contribution in [2.75, 3.05) is 7.11 Å². The molecule has 1 aliphatic heterocycles. The van der Waals surface area contributed by atoms with Crippen molar-refractivity contribution in [1.82, 2.24) is 14.6 Å². The lowest BCUT2D eigenvalue weighted by Gasteiger charge is -2.25. The second kappa shape index (κ2) is 8.41. The van der Waals surface area contributed by atoms with Gasteiger partial charge in [-0.3, -0.25) is 19.1 Å². The van der Waals surface area contributed by atoms with Crippen LogP contribution in [0.2, 0.25) is 0 Å². The molecule has 2 heterocycles. The number of H-pyrrole nitrogens is 1. The Morgan fingerprint density at radius 3 is 2.45 bits per heavy atom. The quantitative estimate of drug-likeness (QED) is 0.779. The highest BCUT2D eigenvalue weighted by molar-refractivity contribution is 6.04. The van der Waals surface area contributed by atoms with Crippen molar-refractivity contribution in [3.63, 3.8) is 0 Å². The van der Waals surface area contributed by atoms with Gasteiger partial charge in [-0.05, 0) is 30.5 Å². The molecule has 9 nitrogen and oxygen atoms in total. The maximum Gasteiger partial charge on any atom is 0.331 e. The predicted octanol–water partition coefficient (Wildman–Crippen LogP) is 2.45. The molecule has 2 N–H and O–H groups in total. The van der Waals surface area contributed by atoms with Crippen molar-refractivity contribution in [3.8, 4) is 11.6 Å². The molecule has 2 aromatic rings. The zero-order valence-electron chi connectivity index (χ0n) is 17.6. The number of carbonyl (C=O) groups excluding carboxylic acids is 1. The van der Waals surface area contributed by atoms with Crippen LogP contribution in [-0.2, 0) is 4.79 Å². The summed E-state index contributed by atoms with van der Waals surface area (Å²) in [7, 11) is 1.57. The van der Waals surface area contributed by atoms with Crippen molar-refractivity contribution in [1.29, 1.82) is 0 Å². The average Bonchev–Trinajstić information content (AvgIpc) is 3.19. The Labute approximate surface area is 179 Å². The first kappa shape index (κ1) is 20.9. The van der Waals surface area contributed by atoms with Crippen LogP contribution in [0.4, 0.5) is 0 Å². The lowest BCUT2D eigenvalue weighted by molar-refractivity contribution is -0.130. The number of benzene rings is 1. The molecular formula is C22H26N4O5. The molecule has 9 heteroatoms. The van der Waals surface area contributed by atoms with Crippen molar-refractivity contribution < 1.29 is 14.6 Å². The van der Waals surface area contributed by atoms with E-state index in [0.717, 1.165) is 37.7 Å². The number of rotatable bonds is 4. The lowest BCUT2D eigenvalue weighted by Crippen LogP contribution is -2.36. The van der Waals surface area contributed by atoms with Gasteiger partial charge < -0.3 is 9.84 Å². The first-order valence-corrected chi connectivity index (χ1v) is 10.5. The largest absolute Gasteiger partial charge is 0.497 e. The average molecular weight is 426 g/mol. The standard InChI is InChI=1S/C22H26N4O5/c1-13(27)26-18(14-8-10-16(31-2)11-9-14)12-17(24-26)19-20(28)23-22(30)25(21(19)29)15-6-4-3-5-7-15/h8-11,15,18,29H,3-7,12H2,1-2H3,(H,23,28,30). The molecule has 1 aromatic heterocycles. The van der Waals surface area contributed by atoms with E-state index in [0.29, 0.717) is 5.75 Å². The fraction of sp³-hybridized carbons (Fsp3) is 0.455. The summed E-state index contributed by atoms with van der Waals surface area (Å²) in [5.74, 6) is 0.0246. The summed E-state index contributed by atoms with van der Waals surface area (Å²) < 4.78 is 6.46. The minimum atomic E-state index is -0.702. The predicted molar refractivity (Wildman–Crippen MR) is 115 cm³/mol. The van der Waals surface area contributed by atoms with Gasteiger partial charge in [0.25, 0.3) is 5.56 Å². The molecule has 164 valence electrons. The van der Waals surface area contributed by atoms with E-state index >= 15 is 0 Å². The third-order valence-corrected chi connectivity index (χ3v) is 6.08. The monoisotopic (exact) mass is 426 g/mol. The van der Waals surface area contributed by atoms with Crippen LogP contribution in [0.25, 0.3) is 0 Å². The molecule has 0 spiro atoms. The first-order chi connectivity index (χ1) is 14.9. The number of nitrogens with one attached hydrogen (secondary N) is 1. The maximum atomic E-state index is 12.7. The topological polar surface area (TPSA) is 117 Å². The van der Waals surface area contributed by atoms with Crippen LogP contribution in [0.3, 0.4) is 0 Å². The smallest absolute Gasteiger partial charge is 0.331 e. The van der Waals surface area contributed by atoms with E-state index < -0.39 is 17.3 Å². The summed E-state index contributed by atoms with van der Waals surface area (Å²) in [4.78, 5) is 39.7. The molecule has 1 aromatic carbocycles. The summed E-state index contributed by atoms with van der Waals surface area (Å²) in [6, 6.07) is 6.67. The Balaban J connectivity index is 1.75. The molecule has 0 bridgehead atoms. The Morgan fingerprint density at radius 1 is 1.16 bits per heavy atom. The number of nitrogens with zero attached hydrogens (tertiary/aromatic N) is 3. The normalized spacial score (nSPS) is 19.4. The van der Waals surface area contributed by atoms with Gasteiger partial charge in [0, 0.05) is 19.4 Å². The maximum absolute atomic E-state index is 12.7. The summed E-state index contributed by atoms with van der Waals surface area (Å²) in [6.07, 6.45) is 4.78. The number of aromatic hydroxyl groups is 1. The van der Waals surface area contributed by atoms with Gasteiger partial charge in [-0.2, -0.15) is 5.10 Å². The van der Waals surface area contributed by atoms with Crippen LogP contribution in [0, 0.1) is 0 Å². The SMILES string of the molecule is COc1ccc(C2CC(c3c(O)n(C4CCCCC4)c(=O)[nH]c3=O)=NN2C(C)=O)cc1. The van der Waals surface area contributed by atoms with Gasteiger partial charge >= 0.3 is 5.69 Å². The molecule has 2 aliphatic rings. The minimum absolute atomic E-state index is 0.0487. The number of methoxy groups -OCH3 is 1. The number of aromatic nitrogens is 2. The van der Waals surface area contributed by atoms with E-state index in [4.69, 9.17) is 4.74 Å². The van der Waals surface area contributed by atoms with Crippen LogP contribution in [0.15, 0.2) is 39.0 Å². The summed E-state index contributed by atoms with van der Waals surface area (Å²) in [6.45, 7) is 1.40. The summed E-state index contributed by atoms with van der Waals surface area (Å²) >= 11 is 0. The van der Waals surface area contributed by atoms with Crippen LogP contribution in [0.1, 0.15) is 68.7 Å². The lowest BCUT2D eigenvalue weighted by atomic mass is 9.95. The van der Waals surface area contributed by atoms with Crippen LogP contribution in [-0.4, -0.2) is 38.4 Å². The fourth-order valence-corrected chi connectivity index (χ4v) is 4.51. The van der Waals surface area contributed by atoms with Gasteiger partial charge in [-0.1, -0.05) is 31.4 Å². The Morgan fingerprint density at radius 2 is 1.84 bits per heavy atom. The highest BCUT2D eigenvalue weighted by Crippen LogP contribution is 2.35. The molecule has 1 atom stereocenters. The Kier molecular flexibility index (Phi) is 5.67. The second-order valence-electron chi connectivity index (χ2n) is 8.02. The van der Waals surface area contributed by atoms with Gasteiger partial charge in [0.05, 0.1) is 18.9 Å². The number of hydrogen-bond donors (Lipinski definition) is 2. The number of aromatic amines is 1. The van der Waals surface area contributed by atoms with Gasteiger partial charge in [0.15, 0.2) is 0 Å². The van der Waals surface area contributed by atoms with E-state index in [1.54, 1.807) is 19.2 Å².